The molecule has 1 fully saturated rings. The third-order valence-electron chi connectivity index (χ3n) is 5.06. The molecule has 0 aliphatic carbocycles. The fraction of sp³-hybridized carbons (Fsp3) is 0.714. The van der Waals surface area contributed by atoms with Crippen molar-refractivity contribution in [2.45, 2.75) is 84.1 Å². The van der Waals surface area contributed by atoms with Gasteiger partial charge in [-0.15, -0.1) is 0 Å². The predicted molar refractivity (Wildman–Crippen MR) is 99.7 cm³/mol. The minimum absolute atomic E-state index is 0.252. The Hall–Kier alpha value is -1.38. The Morgan fingerprint density at radius 2 is 1.96 bits per heavy atom. The number of carbonyl (C=O) groups is 1. The standard InChI is InChI=1S/C21H34N2O/c1-18(2)11-7-5-3-4-6-8-14-21(24)23-16-10-13-20(23)19-12-9-15-22-17-19/h9,12,15,17-18,20H,3-8,10-11,13-14,16H2,1-2H3. The summed E-state index contributed by atoms with van der Waals surface area (Å²) in [6, 6.07) is 4.32. The van der Waals surface area contributed by atoms with Crippen LogP contribution in [-0.2, 0) is 4.79 Å². The second kappa shape index (κ2) is 10.5. The Bertz CT molecular complexity index is 472. The van der Waals surface area contributed by atoms with Gasteiger partial charge in [-0.1, -0.05) is 58.4 Å². The molecule has 0 spiro atoms. The highest BCUT2D eigenvalue weighted by molar-refractivity contribution is 5.77. The number of hydrogen-bond acceptors (Lipinski definition) is 2. The zero-order chi connectivity index (χ0) is 17.2. The van der Waals surface area contributed by atoms with Crippen LogP contribution in [0.3, 0.4) is 0 Å². The molecule has 2 rings (SSSR count). The summed E-state index contributed by atoms with van der Waals surface area (Å²) in [6.45, 7) is 5.50. The maximum Gasteiger partial charge on any atom is 0.223 e. The van der Waals surface area contributed by atoms with E-state index in [9.17, 15) is 4.79 Å². The van der Waals surface area contributed by atoms with Gasteiger partial charge < -0.3 is 4.90 Å². The van der Waals surface area contributed by atoms with E-state index in [1.807, 2.05) is 12.3 Å². The number of nitrogens with zero attached hydrogens (tertiary/aromatic N) is 2. The zero-order valence-corrected chi connectivity index (χ0v) is 15.5. The molecule has 2 heterocycles. The summed E-state index contributed by atoms with van der Waals surface area (Å²) in [7, 11) is 0. The van der Waals surface area contributed by atoms with E-state index in [1.54, 1.807) is 6.20 Å². The van der Waals surface area contributed by atoms with Gasteiger partial charge in [0.1, 0.15) is 0 Å². The van der Waals surface area contributed by atoms with Gasteiger partial charge in [-0.2, -0.15) is 0 Å². The molecule has 1 aromatic heterocycles. The van der Waals surface area contributed by atoms with Gasteiger partial charge >= 0.3 is 0 Å². The third-order valence-corrected chi connectivity index (χ3v) is 5.06. The Kier molecular flexibility index (Phi) is 8.27. The van der Waals surface area contributed by atoms with Crippen molar-refractivity contribution in [2.24, 2.45) is 5.92 Å². The third kappa shape index (κ3) is 6.26. The van der Waals surface area contributed by atoms with E-state index in [2.05, 4.69) is 29.8 Å². The lowest BCUT2D eigenvalue weighted by Gasteiger charge is -2.25. The fourth-order valence-electron chi connectivity index (χ4n) is 3.66. The topological polar surface area (TPSA) is 33.2 Å². The summed E-state index contributed by atoms with van der Waals surface area (Å²) in [6.07, 6.45) is 15.5. The van der Waals surface area contributed by atoms with Crippen molar-refractivity contribution in [3.8, 4) is 0 Å². The van der Waals surface area contributed by atoms with E-state index in [1.165, 1.54) is 44.1 Å². The van der Waals surface area contributed by atoms with Gasteiger partial charge in [0, 0.05) is 25.4 Å². The summed E-state index contributed by atoms with van der Waals surface area (Å²) >= 11 is 0. The van der Waals surface area contributed by atoms with Crippen molar-refractivity contribution in [1.82, 2.24) is 9.88 Å². The van der Waals surface area contributed by atoms with Crippen molar-refractivity contribution in [3.05, 3.63) is 30.1 Å². The van der Waals surface area contributed by atoms with Gasteiger partial charge in [-0.25, -0.2) is 0 Å². The SMILES string of the molecule is CC(C)CCCCCCCCC(=O)N1CCCC1c1cccnc1. The Morgan fingerprint density at radius 3 is 2.67 bits per heavy atom. The molecular weight excluding hydrogens is 296 g/mol. The van der Waals surface area contributed by atoms with Crippen LogP contribution in [0.4, 0.5) is 0 Å². The first-order chi connectivity index (χ1) is 11.7. The summed E-state index contributed by atoms with van der Waals surface area (Å²) < 4.78 is 0. The second-order valence-electron chi connectivity index (χ2n) is 7.59. The van der Waals surface area contributed by atoms with Crippen molar-refractivity contribution in [3.63, 3.8) is 0 Å². The monoisotopic (exact) mass is 330 g/mol. The lowest BCUT2D eigenvalue weighted by molar-refractivity contribution is -0.132. The van der Waals surface area contributed by atoms with E-state index in [0.717, 1.165) is 31.7 Å². The van der Waals surface area contributed by atoms with Crippen LogP contribution in [0.2, 0.25) is 0 Å². The van der Waals surface area contributed by atoms with Gasteiger partial charge in [-0.3, -0.25) is 9.78 Å². The number of rotatable bonds is 10. The number of hydrogen-bond donors (Lipinski definition) is 0. The fourth-order valence-corrected chi connectivity index (χ4v) is 3.66. The van der Waals surface area contributed by atoms with Crippen molar-refractivity contribution in [1.29, 1.82) is 0 Å². The van der Waals surface area contributed by atoms with Crippen LogP contribution in [0.15, 0.2) is 24.5 Å². The van der Waals surface area contributed by atoms with Crippen LogP contribution in [0.25, 0.3) is 0 Å². The molecule has 0 aromatic carbocycles. The van der Waals surface area contributed by atoms with Crippen molar-refractivity contribution in [2.75, 3.05) is 6.54 Å². The quantitative estimate of drug-likeness (QED) is 0.529. The van der Waals surface area contributed by atoms with Crippen LogP contribution in [0.1, 0.15) is 89.7 Å². The molecule has 0 bridgehead atoms. The molecule has 3 nitrogen and oxygen atoms in total. The number of aromatic nitrogens is 1. The average molecular weight is 331 g/mol. The van der Waals surface area contributed by atoms with Gasteiger partial charge in [0.15, 0.2) is 0 Å². The molecule has 1 unspecified atom stereocenters. The Morgan fingerprint density at radius 1 is 1.21 bits per heavy atom. The summed E-state index contributed by atoms with van der Waals surface area (Å²) in [5.74, 6) is 1.16. The number of amides is 1. The van der Waals surface area contributed by atoms with Crippen LogP contribution < -0.4 is 0 Å². The second-order valence-corrected chi connectivity index (χ2v) is 7.59. The molecule has 1 aliphatic rings. The minimum atomic E-state index is 0.252. The minimum Gasteiger partial charge on any atom is -0.336 e. The number of unbranched alkanes of at least 4 members (excludes halogenated alkanes) is 5. The van der Waals surface area contributed by atoms with Crippen molar-refractivity contribution >= 4 is 5.91 Å². The zero-order valence-electron chi connectivity index (χ0n) is 15.5. The molecule has 24 heavy (non-hydrogen) atoms. The van der Waals surface area contributed by atoms with E-state index in [-0.39, 0.29) is 6.04 Å². The molecule has 3 heteroatoms. The van der Waals surface area contributed by atoms with E-state index >= 15 is 0 Å². The maximum absolute atomic E-state index is 12.5. The molecular formula is C21H34N2O. The first kappa shape index (κ1) is 19.0. The Labute approximate surface area is 147 Å². The van der Waals surface area contributed by atoms with Crippen LogP contribution >= 0.6 is 0 Å². The molecule has 1 saturated heterocycles. The molecule has 0 saturated carbocycles. The first-order valence-corrected chi connectivity index (χ1v) is 9.88. The Balaban J connectivity index is 1.62. The van der Waals surface area contributed by atoms with Gasteiger partial charge in [0.05, 0.1) is 6.04 Å². The van der Waals surface area contributed by atoms with Crippen molar-refractivity contribution < 1.29 is 4.79 Å². The molecule has 1 amide bonds. The largest absolute Gasteiger partial charge is 0.336 e. The van der Waals surface area contributed by atoms with E-state index in [0.29, 0.717) is 12.3 Å². The van der Waals surface area contributed by atoms with Crippen LogP contribution in [0.5, 0.6) is 0 Å². The molecule has 1 aliphatic heterocycles. The predicted octanol–water partition coefficient (Wildman–Crippen LogP) is 5.52. The van der Waals surface area contributed by atoms with Gasteiger partial charge in [0.25, 0.3) is 0 Å². The molecule has 1 atom stereocenters. The molecule has 0 radical (unpaired) electrons. The number of likely N-dealkylation sites (tertiary alicyclic amines) is 1. The highest BCUT2D eigenvalue weighted by Gasteiger charge is 2.29. The summed E-state index contributed by atoms with van der Waals surface area (Å²) in [5, 5.41) is 0. The normalized spacial score (nSPS) is 17.6. The van der Waals surface area contributed by atoms with Gasteiger partial charge in [0.2, 0.25) is 5.91 Å². The molecule has 134 valence electrons. The lowest BCUT2D eigenvalue weighted by atomic mass is 10.0. The van der Waals surface area contributed by atoms with Gasteiger partial charge in [-0.05, 0) is 36.8 Å². The summed E-state index contributed by atoms with van der Waals surface area (Å²) in [5.41, 5.74) is 1.19. The molecule has 0 N–H and O–H groups in total. The number of carbonyl (C=O) groups excluding carboxylic acids is 1. The van der Waals surface area contributed by atoms with Crippen LogP contribution in [0, 0.1) is 5.92 Å². The number of pyridine rings is 1. The highest BCUT2D eigenvalue weighted by Crippen LogP contribution is 2.32. The lowest BCUT2D eigenvalue weighted by Crippen LogP contribution is -2.30. The van der Waals surface area contributed by atoms with Crippen LogP contribution in [-0.4, -0.2) is 22.3 Å². The van der Waals surface area contributed by atoms with E-state index in [4.69, 9.17) is 0 Å². The highest BCUT2D eigenvalue weighted by atomic mass is 16.2. The molecule has 1 aromatic rings. The average Bonchev–Trinajstić information content (AvgIpc) is 3.07. The first-order valence-electron chi connectivity index (χ1n) is 9.88. The van der Waals surface area contributed by atoms with E-state index < -0.39 is 0 Å². The maximum atomic E-state index is 12.5. The smallest absolute Gasteiger partial charge is 0.223 e. The summed E-state index contributed by atoms with van der Waals surface area (Å²) in [4.78, 5) is 18.8.